The summed E-state index contributed by atoms with van der Waals surface area (Å²) in [6.45, 7) is 0. The number of methoxy groups -OCH3 is 1. The number of carbonyl (C=O) groups is 1. The number of aromatic hydroxyl groups is 1. The van der Waals surface area contributed by atoms with E-state index in [-0.39, 0.29) is 23.0 Å². The SMILES string of the molecule is COc1cc(C=NNC(=O)[C@H]2CC2(c2ccccc2)c2ccccc2)cc(Br)c1O. The van der Waals surface area contributed by atoms with E-state index < -0.39 is 0 Å². The summed E-state index contributed by atoms with van der Waals surface area (Å²) in [7, 11) is 1.48. The Morgan fingerprint density at radius 1 is 1.13 bits per heavy atom. The molecule has 6 heteroatoms. The molecule has 3 aromatic carbocycles. The van der Waals surface area contributed by atoms with Crippen molar-refractivity contribution in [1.82, 2.24) is 5.43 Å². The maximum Gasteiger partial charge on any atom is 0.244 e. The van der Waals surface area contributed by atoms with E-state index >= 15 is 0 Å². The highest BCUT2D eigenvalue weighted by Gasteiger charge is 2.60. The monoisotopic (exact) mass is 464 g/mol. The van der Waals surface area contributed by atoms with Crippen LogP contribution in [0.4, 0.5) is 0 Å². The van der Waals surface area contributed by atoms with Crippen molar-refractivity contribution in [3.63, 3.8) is 0 Å². The lowest BCUT2D eigenvalue weighted by molar-refractivity contribution is -0.122. The summed E-state index contributed by atoms with van der Waals surface area (Å²) in [6.07, 6.45) is 2.26. The van der Waals surface area contributed by atoms with Gasteiger partial charge in [-0.3, -0.25) is 4.79 Å². The van der Waals surface area contributed by atoms with Crippen LogP contribution in [-0.4, -0.2) is 24.3 Å². The zero-order valence-corrected chi connectivity index (χ0v) is 18.0. The molecule has 1 atom stereocenters. The number of ether oxygens (including phenoxy) is 1. The molecule has 0 radical (unpaired) electrons. The highest BCUT2D eigenvalue weighted by atomic mass is 79.9. The number of hydrogen-bond donors (Lipinski definition) is 2. The van der Waals surface area contributed by atoms with Crippen molar-refractivity contribution in [3.8, 4) is 11.5 Å². The first kappa shape index (κ1) is 20.2. The molecule has 0 aliphatic heterocycles. The summed E-state index contributed by atoms with van der Waals surface area (Å²) in [6, 6.07) is 23.6. The number of rotatable bonds is 6. The standard InChI is InChI=1S/C24H21BrN2O3/c1-30-21-13-16(12-20(25)22(21)28)15-26-27-23(29)19-14-24(19,17-8-4-2-5-9-17)18-10-6-3-7-11-18/h2-13,15,19,28H,14H2,1H3,(H,27,29)/t19-/m1/s1. The molecular weight excluding hydrogens is 444 g/mol. The Kier molecular flexibility index (Phi) is 5.59. The van der Waals surface area contributed by atoms with Crippen LogP contribution >= 0.6 is 15.9 Å². The predicted octanol–water partition coefficient (Wildman–Crippen LogP) is 4.62. The molecule has 4 rings (SSSR count). The van der Waals surface area contributed by atoms with Crippen molar-refractivity contribution in [1.29, 1.82) is 0 Å². The third-order valence-electron chi connectivity index (χ3n) is 5.51. The summed E-state index contributed by atoms with van der Waals surface area (Å²) in [5.41, 5.74) is 5.29. The number of amides is 1. The van der Waals surface area contributed by atoms with Crippen LogP contribution in [0.2, 0.25) is 0 Å². The fraction of sp³-hybridized carbons (Fsp3) is 0.167. The number of hydrogen-bond acceptors (Lipinski definition) is 4. The lowest BCUT2D eigenvalue weighted by Gasteiger charge is -2.18. The molecule has 0 heterocycles. The van der Waals surface area contributed by atoms with Crippen molar-refractivity contribution in [2.24, 2.45) is 11.0 Å². The van der Waals surface area contributed by atoms with Crippen LogP contribution in [0.1, 0.15) is 23.1 Å². The van der Waals surface area contributed by atoms with Crippen molar-refractivity contribution < 1.29 is 14.6 Å². The third kappa shape index (κ3) is 3.71. The van der Waals surface area contributed by atoms with Gasteiger partial charge < -0.3 is 9.84 Å². The Balaban J connectivity index is 1.53. The maximum absolute atomic E-state index is 12.9. The maximum atomic E-state index is 12.9. The number of nitrogens with zero attached hydrogens (tertiary/aromatic N) is 1. The average molecular weight is 465 g/mol. The molecule has 30 heavy (non-hydrogen) atoms. The van der Waals surface area contributed by atoms with E-state index in [2.05, 4.69) is 50.7 Å². The molecule has 0 aromatic heterocycles. The van der Waals surface area contributed by atoms with Gasteiger partial charge in [-0.15, -0.1) is 0 Å². The molecule has 0 spiro atoms. The summed E-state index contributed by atoms with van der Waals surface area (Å²) < 4.78 is 5.63. The fourth-order valence-electron chi connectivity index (χ4n) is 3.93. The van der Waals surface area contributed by atoms with Gasteiger partial charge in [0.15, 0.2) is 11.5 Å². The van der Waals surface area contributed by atoms with Gasteiger partial charge in [0.2, 0.25) is 5.91 Å². The van der Waals surface area contributed by atoms with Crippen LogP contribution in [0.25, 0.3) is 0 Å². The summed E-state index contributed by atoms with van der Waals surface area (Å²) in [5.74, 6) is 0.0305. The second-order valence-electron chi connectivity index (χ2n) is 7.25. The van der Waals surface area contributed by atoms with Gasteiger partial charge in [-0.2, -0.15) is 5.10 Å². The van der Waals surface area contributed by atoms with Crippen molar-refractivity contribution in [2.45, 2.75) is 11.8 Å². The Hall–Kier alpha value is -3.12. The Labute approximate surface area is 183 Å². The number of nitrogens with one attached hydrogen (secondary N) is 1. The topological polar surface area (TPSA) is 70.9 Å². The molecule has 2 N–H and O–H groups in total. The second-order valence-corrected chi connectivity index (χ2v) is 8.10. The summed E-state index contributed by atoms with van der Waals surface area (Å²) in [4.78, 5) is 12.9. The normalized spacial score (nSPS) is 16.9. The van der Waals surface area contributed by atoms with Gasteiger partial charge in [-0.05, 0) is 51.2 Å². The van der Waals surface area contributed by atoms with Crippen LogP contribution in [0, 0.1) is 5.92 Å². The molecular formula is C24H21BrN2O3. The van der Waals surface area contributed by atoms with Crippen LogP contribution in [0.15, 0.2) is 82.4 Å². The van der Waals surface area contributed by atoms with Gasteiger partial charge in [0.05, 0.1) is 23.7 Å². The molecule has 0 saturated heterocycles. The van der Waals surface area contributed by atoms with Crippen molar-refractivity contribution in [3.05, 3.63) is 94.0 Å². The van der Waals surface area contributed by atoms with E-state index in [9.17, 15) is 9.90 Å². The first-order valence-electron chi connectivity index (χ1n) is 9.56. The van der Waals surface area contributed by atoms with Gasteiger partial charge in [0, 0.05) is 5.41 Å². The molecule has 1 amide bonds. The van der Waals surface area contributed by atoms with E-state index in [1.54, 1.807) is 12.1 Å². The Morgan fingerprint density at radius 2 is 1.73 bits per heavy atom. The zero-order valence-electron chi connectivity index (χ0n) is 16.4. The third-order valence-corrected chi connectivity index (χ3v) is 6.12. The minimum Gasteiger partial charge on any atom is -0.503 e. The zero-order chi connectivity index (χ0) is 21.1. The average Bonchev–Trinajstić information content (AvgIpc) is 3.54. The lowest BCUT2D eigenvalue weighted by Crippen LogP contribution is -2.25. The molecule has 5 nitrogen and oxygen atoms in total. The van der Waals surface area contributed by atoms with Crippen molar-refractivity contribution in [2.75, 3.05) is 7.11 Å². The number of phenols is 1. The van der Waals surface area contributed by atoms with E-state index in [4.69, 9.17) is 4.74 Å². The Bertz CT molecular complexity index is 1040. The van der Waals surface area contributed by atoms with E-state index in [0.717, 1.165) is 17.5 Å². The number of phenolic OH excluding ortho intramolecular Hbond substituents is 1. The first-order chi connectivity index (χ1) is 14.6. The van der Waals surface area contributed by atoms with Crippen LogP contribution < -0.4 is 10.2 Å². The highest BCUT2D eigenvalue weighted by molar-refractivity contribution is 9.10. The molecule has 3 aromatic rings. The minimum atomic E-state index is -0.326. The highest BCUT2D eigenvalue weighted by Crippen LogP contribution is 2.58. The van der Waals surface area contributed by atoms with Gasteiger partial charge in [-0.1, -0.05) is 60.7 Å². The molecule has 0 bridgehead atoms. The smallest absolute Gasteiger partial charge is 0.244 e. The fourth-order valence-corrected chi connectivity index (χ4v) is 4.39. The summed E-state index contributed by atoms with van der Waals surface area (Å²) in [5, 5.41) is 14.0. The molecule has 152 valence electrons. The van der Waals surface area contributed by atoms with Crippen LogP contribution in [-0.2, 0) is 10.2 Å². The van der Waals surface area contributed by atoms with Crippen LogP contribution in [0.5, 0.6) is 11.5 Å². The molecule has 1 aliphatic rings. The van der Waals surface area contributed by atoms with E-state index in [0.29, 0.717) is 15.8 Å². The van der Waals surface area contributed by atoms with Gasteiger partial charge in [-0.25, -0.2) is 5.43 Å². The number of hydrazone groups is 1. The lowest BCUT2D eigenvalue weighted by atomic mass is 9.85. The molecule has 1 fully saturated rings. The largest absolute Gasteiger partial charge is 0.503 e. The van der Waals surface area contributed by atoms with Crippen molar-refractivity contribution >= 4 is 28.1 Å². The summed E-state index contributed by atoms with van der Waals surface area (Å²) >= 11 is 3.28. The first-order valence-corrected chi connectivity index (χ1v) is 10.4. The molecule has 0 unspecified atom stereocenters. The quantitative estimate of drug-likeness (QED) is 0.412. The number of carbonyl (C=O) groups excluding carboxylic acids is 1. The minimum absolute atomic E-state index is 0.0205. The molecule has 1 aliphatic carbocycles. The van der Waals surface area contributed by atoms with Crippen LogP contribution in [0.3, 0.4) is 0 Å². The van der Waals surface area contributed by atoms with Gasteiger partial charge in [0.25, 0.3) is 0 Å². The second kappa shape index (κ2) is 8.32. The predicted molar refractivity (Wildman–Crippen MR) is 120 cm³/mol. The number of benzene rings is 3. The van der Waals surface area contributed by atoms with Gasteiger partial charge >= 0.3 is 0 Å². The Morgan fingerprint density at radius 3 is 2.30 bits per heavy atom. The number of halogens is 1. The molecule has 1 saturated carbocycles. The van der Waals surface area contributed by atoms with E-state index in [1.165, 1.54) is 13.3 Å². The van der Waals surface area contributed by atoms with E-state index in [1.807, 2.05) is 36.4 Å². The van der Waals surface area contributed by atoms with Gasteiger partial charge in [0.1, 0.15) is 0 Å².